The van der Waals surface area contributed by atoms with Gasteiger partial charge in [0.15, 0.2) is 11.5 Å². The zero-order valence-corrected chi connectivity index (χ0v) is 11.0. The molecule has 1 fully saturated rings. The highest BCUT2D eigenvalue weighted by Crippen LogP contribution is 2.23. The van der Waals surface area contributed by atoms with Crippen LogP contribution in [0, 0.1) is 0 Å². The Balaban J connectivity index is 1.97. The first-order chi connectivity index (χ1) is 9.18. The number of para-hydroxylation sites is 1. The number of hydrogen-bond donors (Lipinski definition) is 2. The molecule has 1 saturated heterocycles. The summed E-state index contributed by atoms with van der Waals surface area (Å²) in [6.07, 6.45) is 1.77. The topological polar surface area (TPSA) is 61.3 Å². The summed E-state index contributed by atoms with van der Waals surface area (Å²) in [7, 11) is 0. The van der Waals surface area contributed by atoms with E-state index in [1.54, 1.807) is 13.1 Å². The van der Waals surface area contributed by atoms with E-state index in [0.717, 1.165) is 37.1 Å². The third kappa shape index (κ3) is 2.32. The van der Waals surface area contributed by atoms with Crippen molar-refractivity contribution in [1.82, 2.24) is 20.2 Å². The van der Waals surface area contributed by atoms with E-state index < -0.39 is 5.72 Å². The van der Waals surface area contributed by atoms with Gasteiger partial charge in [-0.25, -0.2) is 9.97 Å². The lowest BCUT2D eigenvalue weighted by atomic mass is 10.1. The standard InChI is InChI=1S/C14H18N4O/c1-14(19,18-8-6-15-7-9-18)13-16-10-11-4-2-3-5-12(11)17-13/h2-5,10,15,19H,6-9H2,1H3. The van der Waals surface area contributed by atoms with Crippen LogP contribution >= 0.6 is 0 Å². The minimum absolute atomic E-state index is 0.466. The first kappa shape index (κ1) is 12.5. The van der Waals surface area contributed by atoms with Gasteiger partial charge >= 0.3 is 0 Å². The number of rotatable bonds is 2. The Morgan fingerprint density at radius 1 is 1.26 bits per heavy atom. The van der Waals surface area contributed by atoms with Crippen molar-refractivity contribution in [3.63, 3.8) is 0 Å². The van der Waals surface area contributed by atoms with Crippen LogP contribution in [-0.2, 0) is 5.72 Å². The van der Waals surface area contributed by atoms with Gasteiger partial charge in [0.05, 0.1) is 5.52 Å². The smallest absolute Gasteiger partial charge is 0.176 e. The molecule has 0 amide bonds. The SMILES string of the molecule is CC(O)(c1ncc2ccccc2n1)N1CCNCC1. The second-order valence-corrected chi connectivity index (χ2v) is 5.01. The number of fused-ring (bicyclic) bond motifs is 1. The molecule has 2 N–H and O–H groups in total. The van der Waals surface area contributed by atoms with Crippen molar-refractivity contribution < 1.29 is 5.11 Å². The summed E-state index contributed by atoms with van der Waals surface area (Å²) in [4.78, 5) is 10.8. The van der Waals surface area contributed by atoms with E-state index in [1.165, 1.54) is 0 Å². The van der Waals surface area contributed by atoms with E-state index in [1.807, 2.05) is 29.2 Å². The highest BCUT2D eigenvalue weighted by Gasteiger charge is 2.34. The molecule has 100 valence electrons. The summed E-state index contributed by atoms with van der Waals surface area (Å²) in [6.45, 7) is 5.11. The van der Waals surface area contributed by atoms with Gasteiger partial charge in [0.2, 0.25) is 0 Å². The molecular weight excluding hydrogens is 240 g/mol. The van der Waals surface area contributed by atoms with Gasteiger partial charge in [0, 0.05) is 37.8 Å². The van der Waals surface area contributed by atoms with Gasteiger partial charge < -0.3 is 10.4 Å². The molecule has 0 aliphatic carbocycles. The van der Waals surface area contributed by atoms with Crippen LogP contribution in [0.1, 0.15) is 12.7 Å². The molecule has 0 saturated carbocycles. The second kappa shape index (κ2) is 4.85. The van der Waals surface area contributed by atoms with Crippen molar-refractivity contribution in [2.75, 3.05) is 26.2 Å². The summed E-state index contributed by atoms with van der Waals surface area (Å²) in [5.41, 5.74) is -0.255. The molecule has 3 rings (SSSR count). The number of piperazine rings is 1. The van der Waals surface area contributed by atoms with Crippen LogP contribution in [0.3, 0.4) is 0 Å². The number of hydrogen-bond acceptors (Lipinski definition) is 5. The van der Waals surface area contributed by atoms with Crippen molar-refractivity contribution in [3.8, 4) is 0 Å². The van der Waals surface area contributed by atoms with E-state index in [0.29, 0.717) is 5.82 Å². The summed E-state index contributed by atoms with van der Waals surface area (Å²) < 4.78 is 0. The normalized spacial score (nSPS) is 20.3. The molecule has 0 radical (unpaired) electrons. The maximum Gasteiger partial charge on any atom is 0.176 e. The Morgan fingerprint density at radius 2 is 2.00 bits per heavy atom. The zero-order valence-electron chi connectivity index (χ0n) is 11.0. The Hall–Kier alpha value is -1.56. The summed E-state index contributed by atoms with van der Waals surface area (Å²) in [5.74, 6) is 0.466. The van der Waals surface area contributed by atoms with Gasteiger partial charge in [-0.2, -0.15) is 0 Å². The average molecular weight is 258 g/mol. The van der Waals surface area contributed by atoms with Crippen LogP contribution in [-0.4, -0.2) is 46.2 Å². The van der Waals surface area contributed by atoms with Crippen molar-refractivity contribution >= 4 is 10.9 Å². The molecule has 1 aliphatic rings. The maximum atomic E-state index is 10.7. The Morgan fingerprint density at radius 3 is 2.79 bits per heavy atom. The highest BCUT2D eigenvalue weighted by molar-refractivity contribution is 5.77. The van der Waals surface area contributed by atoms with E-state index in [9.17, 15) is 5.11 Å². The Bertz CT molecular complexity index is 578. The van der Waals surface area contributed by atoms with Crippen LogP contribution in [0.15, 0.2) is 30.5 Å². The third-order valence-corrected chi connectivity index (χ3v) is 3.65. The number of benzene rings is 1. The van der Waals surface area contributed by atoms with Gasteiger partial charge in [0.1, 0.15) is 0 Å². The van der Waals surface area contributed by atoms with Crippen molar-refractivity contribution in [2.24, 2.45) is 0 Å². The van der Waals surface area contributed by atoms with Gasteiger partial charge in [-0.3, -0.25) is 4.90 Å². The molecule has 5 nitrogen and oxygen atoms in total. The fourth-order valence-electron chi connectivity index (χ4n) is 2.44. The lowest BCUT2D eigenvalue weighted by Gasteiger charge is -2.38. The van der Waals surface area contributed by atoms with Gasteiger partial charge in [-0.1, -0.05) is 18.2 Å². The number of nitrogens with zero attached hydrogens (tertiary/aromatic N) is 3. The van der Waals surface area contributed by atoms with Crippen molar-refractivity contribution in [3.05, 3.63) is 36.3 Å². The molecule has 0 bridgehead atoms. The van der Waals surface area contributed by atoms with Crippen LogP contribution in [0.5, 0.6) is 0 Å². The molecular formula is C14H18N4O. The van der Waals surface area contributed by atoms with E-state index in [-0.39, 0.29) is 0 Å². The van der Waals surface area contributed by atoms with E-state index in [2.05, 4.69) is 15.3 Å². The molecule has 1 aromatic heterocycles. The zero-order chi connectivity index (χ0) is 13.3. The number of nitrogens with one attached hydrogen (secondary N) is 1. The van der Waals surface area contributed by atoms with Crippen LogP contribution < -0.4 is 5.32 Å². The average Bonchev–Trinajstić information content (AvgIpc) is 2.47. The lowest BCUT2D eigenvalue weighted by Crippen LogP contribution is -2.53. The number of aromatic nitrogens is 2. The van der Waals surface area contributed by atoms with Crippen molar-refractivity contribution in [1.29, 1.82) is 0 Å². The minimum Gasteiger partial charge on any atom is -0.369 e. The fraction of sp³-hybridized carbons (Fsp3) is 0.429. The molecule has 1 atom stereocenters. The predicted molar refractivity (Wildman–Crippen MR) is 73.6 cm³/mol. The molecule has 2 heterocycles. The summed E-state index contributed by atoms with van der Waals surface area (Å²) in [6, 6.07) is 7.81. The quantitative estimate of drug-likeness (QED) is 0.830. The molecule has 2 aromatic rings. The highest BCUT2D eigenvalue weighted by atomic mass is 16.3. The van der Waals surface area contributed by atoms with Crippen LogP contribution in [0.25, 0.3) is 10.9 Å². The molecule has 19 heavy (non-hydrogen) atoms. The second-order valence-electron chi connectivity index (χ2n) is 5.01. The van der Waals surface area contributed by atoms with Gasteiger partial charge in [-0.15, -0.1) is 0 Å². The Labute approximate surface area is 112 Å². The monoisotopic (exact) mass is 258 g/mol. The maximum absolute atomic E-state index is 10.7. The first-order valence-electron chi connectivity index (χ1n) is 6.58. The summed E-state index contributed by atoms with van der Waals surface area (Å²) in [5, 5.41) is 15.0. The van der Waals surface area contributed by atoms with Crippen LogP contribution in [0.4, 0.5) is 0 Å². The molecule has 1 unspecified atom stereocenters. The number of aliphatic hydroxyl groups is 1. The van der Waals surface area contributed by atoms with E-state index in [4.69, 9.17) is 0 Å². The fourth-order valence-corrected chi connectivity index (χ4v) is 2.44. The molecule has 0 spiro atoms. The predicted octanol–water partition coefficient (Wildman–Crippen LogP) is 0.700. The minimum atomic E-state index is -1.12. The van der Waals surface area contributed by atoms with Gasteiger partial charge in [-0.05, 0) is 13.0 Å². The summed E-state index contributed by atoms with van der Waals surface area (Å²) >= 11 is 0. The van der Waals surface area contributed by atoms with E-state index >= 15 is 0 Å². The molecule has 1 aromatic carbocycles. The molecule has 1 aliphatic heterocycles. The largest absolute Gasteiger partial charge is 0.369 e. The third-order valence-electron chi connectivity index (χ3n) is 3.65. The van der Waals surface area contributed by atoms with Gasteiger partial charge in [0.25, 0.3) is 0 Å². The Kier molecular flexibility index (Phi) is 3.18. The van der Waals surface area contributed by atoms with Crippen molar-refractivity contribution in [2.45, 2.75) is 12.6 Å². The lowest BCUT2D eigenvalue weighted by molar-refractivity contribution is -0.111. The first-order valence-corrected chi connectivity index (χ1v) is 6.58. The molecule has 5 heteroatoms. The van der Waals surface area contributed by atoms with Crippen LogP contribution in [0.2, 0.25) is 0 Å².